The highest BCUT2D eigenvalue weighted by Crippen LogP contribution is 2.53. The van der Waals surface area contributed by atoms with Gasteiger partial charge in [-0.3, -0.25) is 24.6 Å². The smallest absolute Gasteiger partial charge is 0.325 e. The molecule has 5 atom stereocenters. The molecule has 2 amide bonds. The minimum absolute atomic E-state index is 0.301. The minimum Gasteiger partial charge on any atom is -0.480 e. The molecular weight excluding hydrogens is 440 g/mol. The van der Waals surface area contributed by atoms with Crippen molar-refractivity contribution in [2.45, 2.75) is 58.2 Å². The zero-order valence-corrected chi connectivity index (χ0v) is 21.0. The van der Waals surface area contributed by atoms with Crippen LogP contribution in [0.1, 0.15) is 63.8 Å². The lowest BCUT2D eigenvalue weighted by molar-refractivity contribution is -0.156. The van der Waals surface area contributed by atoms with Crippen LogP contribution in [0.3, 0.4) is 0 Å². The van der Waals surface area contributed by atoms with E-state index in [1.165, 1.54) is 4.90 Å². The second-order valence-corrected chi connectivity index (χ2v) is 10.7. The fraction of sp³-hybridized carbons (Fsp3) is 0.414. The highest BCUT2D eigenvalue weighted by molar-refractivity contribution is 6.10. The number of likely N-dealkylation sites (tertiary alicyclic amines) is 1. The van der Waals surface area contributed by atoms with E-state index >= 15 is 0 Å². The van der Waals surface area contributed by atoms with Crippen LogP contribution < -0.4 is 5.32 Å². The number of nitrogens with zero attached hydrogens (tertiary/aromatic N) is 1. The molecule has 0 saturated carbocycles. The molecule has 4 rings (SSSR count). The molecule has 5 unspecified atom stereocenters. The summed E-state index contributed by atoms with van der Waals surface area (Å²) in [5.41, 5.74) is 0.648. The van der Waals surface area contributed by atoms with Crippen LogP contribution in [0.4, 0.5) is 0 Å². The number of carboxylic acid groups (broad SMARTS) is 1. The van der Waals surface area contributed by atoms with Crippen molar-refractivity contribution in [3.8, 4) is 0 Å². The first-order valence-electron chi connectivity index (χ1n) is 12.2. The molecular formula is C29H34N2O4. The number of benzene rings is 2. The van der Waals surface area contributed by atoms with Crippen molar-refractivity contribution >= 4 is 29.9 Å². The molecule has 6 nitrogen and oxygen atoms in total. The Balaban J connectivity index is 1.73. The van der Waals surface area contributed by atoms with Crippen molar-refractivity contribution in [3.63, 3.8) is 0 Å². The molecule has 2 saturated heterocycles. The Morgan fingerprint density at radius 1 is 1.03 bits per heavy atom. The van der Waals surface area contributed by atoms with Crippen LogP contribution >= 0.6 is 0 Å². The lowest BCUT2D eigenvalue weighted by Gasteiger charge is -2.38. The maximum Gasteiger partial charge on any atom is 0.325 e. The standard InChI is InChI=1S/C29H34N2O4/c1-6-18(2)29(27(34)35)23-22(25(32)31(26(23)33)28(3,4)5)24(30-29)21-16-14-20(15-17-21)13-12-19-10-8-7-9-11-19/h7-18,22-24,30H,6H2,1-5H3,(H,34,35)/b13-12+. The zero-order valence-electron chi connectivity index (χ0n) is 21.0. The number of carbonyl (C=O) groups is 3. The summed E-state index contributed by atoms with van der Waals surface area (Å²) in [5, 5.41) is 13.7. The molecule has 35 heavy (non-hydrogen) atoms. The number of fused-ring (bicyclic) bond motifs is 1. The number of hydrogen-bond acceptors (Lipinski definition) is 4. The van der Waals surface area contributed by atoms with Crippen LogP contribution in [0.2, 0.25) is 0 Å². The summed E-state index contributed by atoms with van der Waals surface area (Å²) in [5.74, 6) is -3.84. The van der Waals surface area contributed by atoms with Gasteiger partial charge in [0.2, 0.25) is 11.8 Å². The van der Waals surface area contributed by atoms with E-state index in [-0.39, 0.29) is 11.8 Å². The molecule has 184 valence electrons. The van der Waals surface area contributed by atoms with Gasteiger partial charge in [0.05, 0.1) is 11.8 Å². The summed E-state index contributed by atoms with van der Waals surface area (Å²) >= 11 is 0. The molecule has 0 aromatic heterocycles. The third-order valence-electron chi connectivity index (χ3n) is 7.57. The summed E-state index contributed by atoms with van der Waals surface area (Å²) in [6.45, 7) is 9.19. The van der Waals surface area contributed by atoms with Crippen molar-refractivity contribution < 1.29 is 19.5 Å². The zero-order chi connectivity index (χ0) is 25.5. The molecule has 2 aliphatic rings. The first-order valence-corrected chi connectivity index (χ1v) is 12.2. The molecule has 2 aromatic carbocycles. The van der Waals surface area contributed by atoms with E-state index in [2.05, 4.69) is 5.32 Å². The van der Waals surface area contributed by atoms with Gasteiger partial charge >= 0.3 is 5.97 Å². The maximum atomic E-state index is 13.6. The molecule has 0 aliphatic carbocycles. The molecule has 6 heteroatoms. The van der Waals surface area contributed by atoms with Gasteiger partial charge in [-0.15, -0.1) is 0 Å². The van der Waals surface area contributed by atoms with E-state index in [4.69, 9.17) is 0 Å². The second kappa shape index (κ2) is 9.08. The average Bonchev–Trinajstić information content (AvgIpc) is 3.32. The second-order valence-electron chi connectivity index (χ2n) is 10.7. The molecule has 2 N–H and O–H groups in total. The number of nitrogens with one attached hydrogen (secondary N) is 1. The number of hydrogen-bond donors (Lipinski definition) is 2. The van der Waals surface area contributed by atoms with E-state index in [0.29, 0.717) is 6.42 Å². The number of carboxylic acids is 1. The molecule has 2 fully saturated rings. The summed E-state index contributed by atoms with van der Waals surface area (Å²) in [4.78, 5) is 41.3. The minimum atomic E-state index is -1.51. The lowest BCUT2D eigenvalue weighted by atomic mass is 9.72. The summed E-state index contributed by atoms with van der Waals surface area (Å²) < 4.78 is 0. The highest BCUT2D eigenvalue weighted by atomic mass is 16.4. The SMILES string of the molecule is CCC(C)C1(C(=O)O)NC(c2ccc(/C=C/c3ccccc3)cc2)C2C(=O)N(C(C)(C)C)C(=O)C21. The number of aliphatic carboxylic acids is 1. The Labute approximate surface area is 207 Å². The highest BCUT2D eigenvalue weighted by Gasteiger charge is 2.70. The Bertz CT molecular complexity index is 1150. The van der Waals surface area contributed by atoms with Crippen LogP contribution in [-0.4, -0.2) is 38.9 Å². The quantitative estimate of drug-likeness (QED) is 0.465. The van der Waals surface area contributed by atoms with E-state index < -0.39 is 40.8 Å². The van der Waals surface area contributed by atoms with E-state index in [0.717, 1.165) is 16.7 Å². The summed E-state index contributed by atoms with van der Waals surface area (Å²) in [7, 11) is 0. The Morgan fingerprint density at radius 3 is 2.11 bits per heavy atom. The van der Waals surface area contributed by atoms with Crippen molar-refractivity contribution in [2.24, 2.45) is 17.8 Å². The van der Waals surface area contributed by atoms with Gasteiger partial charge in [-0.25, -0.2) is 0 Å². The Kier molecular flexibility index (Phi) is 6.45. The first-order chi connectivity index (χ1) is 16.5. The van der Waals surface area contributed by atoms with Crippen LogP contribution in [0, 0.1) is 17.8 Å². The summed E-state index contributed by atoms with van der Waals surface area (Å²) in [6.07, 6.45) is 4.60. The molecule has 0 bridgehead atoms. The monoisotopic (exact) mass is 474 g/mol. The van der Waals surface area contributed by atoms with Gasteiger partial charge in [-0.05, 0) is 43.4 Å². The van der Waals surface area contributed by atoms with E-state index in [9.17, 15) is 19.5 Å². The van der Waals surface area contributed by atoms with E-state index in [1.807, 2.05) is 101 Å². The molecule has 0 spiro atoms. The predicted molar refractivity (Wildman–Crippen MR) is 136 cm³/mol. The molecule has 2 aromatic rings. The molecule has 2 aliphatic heterocycles. The van der Waals surface area contributed by atoms with Gasteiger partial charge in [0.15, 0.2) is 0 Å². The van der Waals surface area contributed by atoms with Crippen molar-refractivity contribution in [2.75, 3.05) is 0 Å². The fourth-order valence-corrected chi connectivity index (χ4v) is 5.64. The Morgan fingerprint density at radius 2 is 1.60 bits per heavy atom. The third-order valence-corrected chi connectivity index (χ3v) is 7.57. The number of rotatable bonds is 6. The van der Waals surface area contributed by atoms with Gasteiger partial charge < -0.3 is 5.11 Å². The van der Waals surface area contributed by atoms with Gasteiger partial charge in [0.25, 0.3) is 0 Å². The van der Waals surface area contributed by atoms with Crippen LogP contribution in [-0.2, 0) is 14.4 Å². The lowest BCUT2D eigenvalue weighted by Crippen LogP contribution is -2.60. The van der Waals surface area contributed by atoms with Crippen LogP contribution in [0.15, 0.2) is 54.6 Å². The molecule has 0 radical (unpaired) electrons. The average molecular weight is 475 g/mol. The normalized spacial score (nSPS) is 27.5. The van der Waals surface area contributed by atoms with Gasteiger partial charge in [-0.2, -0.15) is 0 Å². The van der Waals surface area contributed by atoms with Gasteiger partial charge in [0, 0.05) is 11.6 Å². The van der Waals surface area contributed by atoms with Gasteiger partial charge in [0.1, 0.15) is 5.54 Å². The first kappa shape index (κ1) is 24.9. The van der Waals surface area contributed by atoms with E-state index in [1.54, 1.807) is 0 Å². The summed E-state index contributed by atoms with van der Waals surface area (Å²) in [6, 6.07) is 17.2. The number of carbonyl (C=O) groups excluding carboxylic acids is 2. The number of imide groups is 1. The van der Waals surface area contributed by atoms with Crippen molar-refractivity contribution in [3.05, 3.63) is 71.3 Å². The van der Waals surface area contributed by atoms with Crippen LogP contribution in [0.5, 0.6) is 0 Å². The largest absolute Gasteiger partial charge is 0.480 e. The van der Waals surface area contributed by atoms with Crippen molar-refractivity contribution in [1.82, 2.24) is 10.2 Å². The fourth-order valence-electron chi connectivity index (χ4n) is 5.64. The van der Waals surface area contributed by atoms with Crippen LogP contribution in [0.25, 0.3) is 12.2 Å². The third kappa shape index (κ3) is 4.10. The van der Waals surface area contributed by atoms with Crippen molar-refractivity contribution in [1.29, 1.82) is 0 Å². The maximum absolute atomic E-state index is 13.6. The molecule has 2 heterocycles. The number of amides is 2. The Hall–Kier alpha value is -3.25. The topological polar surface area (TPSA) is 86.7 Å². The van der Waals surface area contributed by atoms with Gasteiger partial charge in [-0.1, -0.05) is 87.0 Å². The predicted octanol–water partition coefficient (Wildman–Crippen LogP) is 4.77.